The predicted molar refractivity (Wildman–Crippen MR) is 176 cm³/mol. The fourth-order valence-corrected chi connectivity index (χ4v) is 5.51. The molecule has 1 heterocycles. The van der Waals surface area contributed by atoms with Gasteiger partial charge < -0.3 is 20.9 Å². The van der Waals surface area contributed by atoms with E-state index in [4.69, 9.17) is 23.2 Å². The number of thioether (sulfide) groups is 1. The zero-order valence-corrected chi connectivity index (χ0v) is 25.2. The number of fused-ring (bicyclic) bond motifs is 1. The smallest absolute Gasteiger partial charge is 0.272 e. The summed E-state index contributed by atoms with van der Waals surface area (Å²) in [6.45, 7) is 1.77. The van der Waals surface area contributed by atoms with Gasteiger partial charge in [-0.2, -0.15) is 0 Å². The summed E-state index contributed by atoms with van der Waals surface area (Å²) in [7, 11) is 0. The molecule has 10 heteroatoms. The lowest BCUT2D eigenvalue weighted by atomic mass is 10.1. The Hall–Kier alpha value is -4.50. The van der Waals surface area contributed by atoms with Crippen LogP contribution >= 0.6 is 35.0 Å². The van der Waals surface area contributed by atoms with Crippen LogP contribution in [-0.4, -0.2) is 28.0 Å². The molecule has 4 aromatic carbocycles. The van der Waals surface area contributed by atoms with Crippen LogP contribution in [0.4, 0.5) is 11.4 Å². The molecule has 1 atom stereocenters. The van der Waals surface area contributed by atoms with Crippen molar-refractivity contribution in [1.82, 2.24) is 10.3 Å². The lowest BCUT2D eigenvalue weighted by Gasteiger charge is -2.15. The lowest BCUT2D eigenvalue weighted by Crippen LogP contribution is -2.30. The maximum absolute atomic E-state index is 13.5. The van der Waals surface area contributed by atoms with E-state index in [2.05, 4.69) is 20.9 Å². The van der Waals surface area contributed by atoms with Crippen LogP contribution in [0.15, 0.2) is 114 Å². The largest absolute Gasteiger partial charge is 0.361 e. The number of H-pyrrole nitrogens is 1. The van der Waals surface area contributed by atoms with Crippen molar-refractivity contribution in [1.29, 1.82) is 0 Å². The molecule has 4 N–H and O–H groups in total. The summed E-state index contributed by atoms with van der Waals surface area (Å²) >= 11 is 13.5. The Morgan fingerprint density at radius 2 is 1.63 bits per heavy atom. The minimum absolute atomic E-state index is 0.0720. The molecule has 1 unspecified atom stereocenters. The molecule has 7 nitrogen and oxygen atoms in total. The number of amides is 3. The summed E-state index contributed by atoms with van der Waals surface area (Å²) in [5.74, 6) is -1.17. The van der Waals surface area contributed by atoms with Crippen molar-refractivity contribution in [2.24, 2.45) is 0 Å². The molecule has 0 saturated carbocycles. The van der Waals surface area contributed by atoms with Gasteiger partial charge in [0, 0.05) is 43.8 Å². The van der Waals surface area contributed by atoms with Gasteiger partial charge in [0.1, 0.15) is 5.70 Å². The molecule has 0 spiro atoms. The van der Waals surface area contributed by atoms with Crippen molar-refractivity contribution in [2.45, 2.75) is 17.1 Å². The highest BCUT2D eigenvalue weighted by molar-refractivity contribution is 8.00. The number of para-hydroxylation sites is 1. The second-order valence-electron chi connectivity index (χ2n) is 9.52. The van der Waals surface area contributed by atoms with Gasteiger partial charge in [-0.3, -0.25) is 14.4 Å². The van der Waals surface area contributed by atoms with Crippen LogP contribution in [0.5, 0.6) is 0 Å². The molecule has 0 aliphatic rings. The summed E-state index contributed by atoms with van der Waals surface area (Å²) in [6.07, 6.45) is 3.42. The van der Waals surface area contributed by atoms with E-state index in [0.29, 0.717) is 27.0 Å². The maximum Gasteiger partial charge on any atom is 0.272 e. The molecule has 0 radical (unpaired) electrons. The number of halogens is 2. The number of carbonyl (C=O) groups excluding carboxylic acids is 3. The van der Waals surface area contributed by atoms with Gasteiger partial charge in [-0.25, -0.2) is 0 Å². The molecule has 0 aliphatic carbocycles. The van der Waals surface area contributed by atoms with Crippen molar-refractivity contribution < 1.29 is 14.4 Å². The zero-order valence-electron chi connectivity index (χ0n) is 22.9. The van der Waals surface area contributed by atoms with Crippen LogP contribution in [0.3, 0.4) is 0 Å². The topological polar surface area (TPSA) is 103 Å². The van der Waals surface area contributed by atoms with Gasteiger partial charge in [0.05, 0.1) is 16.0 Å². The van der Waals surface area contributed by atoms with Crippen LogP contribution in [-0.2, 0) is 9.59 Å². The first-order valence-corrected chi connectivity index (χ1v) is 14.9. The predicted octanol–water partition coefficient (Wildman–Crippen LogP) is 8.00. The van der Waals surface area contributed by atoms with E-state index in [9.17, 15) is 14.4 Å². The lowest BCUT2D eigenvalue weighted by molar-refractivity contribution is -0.115. The second-order valence-corrected chi connectivity index (χ2v) is 11.8. The Bertz CT molecular complexity index is 1840. The number of rotatable bonds is 9. The second kappa shape index (κ2) is 13.6. The quantitative estimate of drug-likeness (QED) is 0.0980. The molecule has 1 aromatic heterocycles. The highest BCUT2D eigenvalue weighted by atomic mass is 35.5. The molecule has 3 amide bonds. The van der Waals surface area contributed by atoms with Gasteiger partial charge in [-0.15, -0.1) is 11.8 Å². The summed E-state index contributed by atoms with van der Waals surface area (Å²) in [5.41, 5.74) is 3.08. The molecule has 0 aliphatic heterocycles. The van der Waals surface area contributed by atoms with E-state index in [1.807, 2.05) is 36.4 Å². The van der Waals surface area contributed by atoms with E-state index >= 15 is 0 Å². The first kappa shape index (κ1) is 30.0. The normalized spacial score (nSPS) is 12.0. The minimum Gasteiger partial charge on any atom is -0.361 e. The van der Waals surface area contributed by atoms with Gasteiger partial charge in [-0.1, -0.05) is 65.7 Å². The maximum atomic E-state index is 13.5. The minimum atomic E-state index is -0.502. The number of carbonyl (C=O) groups is 3. The Balaban J connectivity index is 1.33. The van der Waals surface area contributed by atoms with E-state index in [1.165, 1.54) is 11.8 Å². The standard InChI is InChI=1S/C33H26Cl2N4O3S/c1-20(31(40)38-29-17-23(34)14-15-27(29)35)43-25-11-7-10-24(18-25)37-33(42)30(39-32(41)21-8-3-2-4-9-21)16-22-19-36-28-13-6-5-12-26(22)28/h2-20,36H,1H3,(H,37,42)(H,38,40)(H,39,41)/b30-16-. The van der Waals surface area contributed by atoms with Gasteiger partial charge in [0.25, 0.3) is 11.8 Å². The first-order chi connectivity index (χ1) is 20.8. The van der Waals surface area contributed by atoms with Gasteiger partial charge in [0.2, 0.25) is 5.91 Å². The van der Waals surface area contributed by atoms with Crippen molar-refractivity contribution >= 4 is 81.0 Å². The number of hydrogen-bond donors (Lipinski definition) is 4. The van der Waals surface area contributed by atoms with Crippen molar-refractivity contribution in [3.63, 3.8) is 0 Å². The first-order valence-electron chi connectivity index (χ1n) is 13.2. The molecule has 0 fully saturated rings. The van der Waals surface area contributed by atoms with Crippen molar-refractivity contribution in [3.05, 3.63) is 130 Å². The van der Waals surface area contributed by atoms with Crippen LogP contribution in [0.25, 0.3) is 17.0 Å². The van der Waals surface area contributed by atoms with Crippen molar-refractivity contribution in [2.75, 3.05) is 10.6 Å². The van der Waals surface area contributed by atoms with E-state index in [1.54, 1.807) is 79.9 Å². The Morgan fingerprint density at radius 3 is 2.44 bits per heavy atom. The van der Waals surface area contributed by atoms with Gasteiger partial charge in [-0.05, 0) is 67.6 Å². The zero-order chi connectivity index (χ0) is 30.3. The van der Waals surface area contributed by atoms with Crippen LogP contribution in [0, 0.1) is 0 Å². The highest BCUT2D eigenvalue weighted by Gasteiger charge is 2.18. The average Bonchev–Trinajstić information content (AvgIpc) is 3.42. The number of nitrogens with one attached hydrogen (secondary N) is 4. The SMILES string of the molecule is CC(Sc1cccc(NC(=O)/C(=C/c2c[nH]c3ccccc23)NC(=O)c2ccccc2)c1)C(=O)Nc1cc(Cl)ccc1Cl. The third-order valence-electron chi connectivity index (χ3n) is 6.41. The number of anilines is 2. The third-order valence-corrected chi connectivity index (χ3v) is 8.07. The Labute approximate surface area is 262 Å². The van der Waals surface area contributed by atoms with E-state index in [-0.39, 0.29) is 11.6 Å². The van der Waals surface area contributed by atoms with E-state index < -0.39 is 17.1 Å². The monoisotopic (exact) mass is 628 g/mol. The summed E-state index contributed by atoms with van der Waals surface area (Å²) in [5, 5.41) is 9.72. The molecule has 0 bridgehead atoms. The van der Waals surface area contributed by atoms with Crippen LogP contribution < -0.4 is 16.0 Å². The molecular formula is C33H26Cl2N4O3S. The molecule has 43 heavy (non-hydrogen) atoms. The summed E-state index contributed by atoms with van der Waals surface area (Å²) in [4.78, 5) is 43.3. The molecule has 216 valence electrons. The van der Waals surface area contributed by atoms with Gasteiger partial charge in [0.15, 0.2) is 0 Å². The Kier molecular flexibility index (Phi) is 9.51. The summed E-state index contributed by atoms with van der Waals surface area (Å²) in [6, 6.07) is 28.3. The fraction of sp³-hybridized carbons (Fsp3) is 0.0606. The highest BCUT2D eigenvalue weighted by Crippen LogP contribution is 2.29. The molecular weight excluding hydrogens is 603 g/mol. The number of benzene rings is 4. The number of hydrogen-bond acceptors (Lipinski definition) is 4. The Morgan fingerprint density at radius 1 is 0.860 bits per heavy atom. The molecule has 5 aromatic rings. The molecule has 0 saturated heterocycles. The van der Waals surface area contributed by atoms with Crippen molar-refractivity contribution in [3.8, 4) is 0 Å². The third kappa shape index (κ3) is 7.67. The molecule has 5 rings (SSSR count). The summed E-state index contributed by atoms with van der Waals surface area (Å²) < 4.78 is 0. The fourth-order valence-electron chi connectivity index (χ4n) is 4.24. The van der Waals surface area contributed by atoms with Gasteiger partial charge >= 0.3 is 0 Å². The number of aromatic nitrogens is 1. The van der Waals surface area contributed by atoms with Crippen LogP contribution in [0.2, 0.25) is 10.0 Å². The van der Waals surface area contributed by atoms with E-state index in [0.717, 1.165) is 21.4 Å². The number of aromatic amines is 1. The average molecular weight is 630 g/mol. The van der Waals surface area contributed by atoms with Crippen LogP contribution in [0.1, 0.15) is 22.8 Å².